The van der Waals surface area contributed by atoms with Gasteiger partial charge in [-0.05, 0) is 51.9 Å². The molecule has 4 heteroatoms. The van der Waals surface area contributed by atoms with Gasteiger partial charge in [0.05, 0.1) is 0 Å². The molecule has 0 atom stereocenters. The van der Waals surface area contributed by atoms with Gasteiger partial charge in [-0.2, -0.15) is 0 Å². The highest BCUT2D eigenvalue weighted by Crippen LogP contribution is 2.33. The molecule has 122 valence electrons. The van der Waals surface area contributed by atoms with Crippen LogP contribution in [0.15, 0.2) is 0 Å². The van der Waals surface area contributed by atoms with Crippen LogP contribution in [0.5, 0.6) is 0 Å². The molecule has 4 nitrogen and oxygen atoms in total. The zero-order valence-electron chi connectivity index (χ0n) is 15.0. The maximum Gasteiger partial charge on any atom is 0.142 e. The molecule has 0 unspecified atom stereocenters. The zero-order valence-corrected chi connectivity index (χ0v) is 15.0. The highest BCUT2D eigenvalue weighted by Gasteiger charge is 2.19. The standard InChI is InChI=1S/C18H30N4/c1-7-9-14-15(8-2)20-18-16(17(14)19)12(3)13(4)22(18)11-10-21(5)6/h7-11H2,1-6H3,(H2,19,20). The highest BCUT2D eigenvalue weighted by atomic mass is 15.1. The smallest absolute Gasteiger partial charge is 0.142 e. The molecule has 2 aromatic heterocycles. The molecule has 0 saturated carbocycles. The molecule has 2 N–H and O–H groups in total. The summed E-state index contributed by atoms with van der Waals surface area (Å²) in [5.41, 5.74) is 13.5. The number of likely N-dealkylation sites (N-methyl/N-ethyl adjacent to an activating group) is 1. The normalized spacial score (nSPS) is 11.8. The Bertz CT molecular complexity index is 668. The minimum absolute atomic E-state index is 0.937. The van der Waals surface area contributed by atoms with Crippen molar-refractivity contribution in [2.75, 3.05) is 26.4 Å². The number of pyridine rings is 1. The molecule has 2 heterocycles. The summed E-state index contributed by atoms with van der Waals surface area (Å²) in [6.07, 6.45) is 3.05. The molecule has 0 aliphatic rings. The van der Waals surface area contributed by atoms with E-state index in [0.717, 1.165) is 54.8 Å². The zero-order chi connectivity index (χ0) is 16.4. The number of hydrogen-bond donors (Lipinski definition) is 1. The van der Waals surface area contributed by atoms with Crippen molar-refractivity contribution < 1.29 is 0 Å². The summed E-state index contributed by atoms with van der Waals surface area (Å²) in [4.78, 5) is 7.20. The van der Waals surface area contributed by atoms with Crippen LogP contribution in [0.25, 0.3) is 11.0 Å². The highest BCUT2D eigenvalue weighted by molar-refractivity contribution is 5.95. The second-order valence-corrected chi connectivity index (χ2v) is 6.42. The lowest BCUT2D eigenvalue weighted by atomic mass is 10.0. The topological polar surface area (TPSA) is 47.1 Å². The molecule has 0 radical (unpaired) electrons. The lowest BCUT2D eigenvalue weighted by molar-refractivity contribution is 0.384. The summed E-state index contributed by atoms with van der Waals surface area (Å²) in [6, 6.07) is 0. The lowest BCUT2D eigenvalue weighted by Crippen LogP contribution is -2.19. The Morgan fingerprint density at radius 3 is 2.41 bits per heavy atom. The third kappa shape index (κ3) is 2.84. The lowest BCUT2D eigenvalue weighted by Gasteiger charge is -2.15. The molecule has 0 fully saturated rings. The van der Waals surface area contributed by atoms with E-state index in [4.69, 9.17) is 10.7 Å². The molecule has 2 aromatic rings. The minimum atomic E-state index is 0.937. The number of nitrogens with two attached hydrogens (primary N) is 1. The van der Waals surface area contributed by atoms with E-state index in [9.17, 15) is 0 Å². The maximum atomic E-state index is 6.56. The monoisotopic (exact) mass is 302 g/mol. The number of fused-ring (bicyclic) bond motifs is 1. The van der Waals surface area contributed by atoms with Gasteiger partial charge in [0.15, 0.2) is 0 Å². The Hall–Kier alpha value is -1.55. The van der Waals surface area contributed by atoms with E-state index in [0.29, 0.717) is 0 Å². The molecule has 0 amide bonds. The Morgan fingerprint density at radius 1 is 1.18 bits per heavy atom. The van der Waals surface area contributed by atoms with Gasteiger partial charge >= 0.3 is 0 Å². The summed E-state index contributed by atoms with van der Waals surface area (Å²) in [7, 11) is 4.21. The van der Waals surface area contributed by atoms with Gasteiger partial charge in [-0.25, -0.2) is 4.98 Å². The van der Waals surface area contributed by atoms with Crippen LogP contribution < -0.4 is 5.73 Å². The van der Waals surface area contributed by atoms with Crippen LogP contribution >= 0.6 is 0 Å². The summed E-state index contributed by atoms with van der Waals surface area (Å²) in [5.74, 6) is 0. The number of anilines is 1. The predicted molar refractivity (Wildman–Crippen MR) is 95.5 cm³/mol. The summed E-state index contributed by atoms with van der Waals surface area (Å²) >= 11 is 0. The quantitative estimate of drug-likeness (QED) is 0.890. The fraction of sp³-hybridized carbons (Fsp3) is 0.611. The van der Waals surface area contributed by atoms with E-state index in [1.807, 2.05) is 0 Å². The molecule has 0 aliphatic heterocycles. The van der Waals surface area contributed by atoms with E-state index >= 15 is 0 Å². The molecule has 2 rings (SSSR count). The van der Waals surface area contributed by atoms with Crippen LogP contribution in [-0.2, 0) is 19.4 Å². The SMILES string of the molecule is CCCc1c(CC)nc2c(c(C)c(C)n2CCN(C)C)c1N. The molecule has 22 heavy (non-hydrogen) atoms. The van der Waals surface area contributed by atoms with Gasteiger partial charge in [0, 0.05) is 35.6 Å². The van der Waals surface area contributed by atoms with Crippen LogP contribution in [0, 0.1) is 13.8 Å². The van der Waals surface area contributed by atoms with E-state index in [-0.39, 0.29) is 0 Å². The molecular weight excluding hydrogens is 272 g/mol. The van der Waals surface area contributed by atoms with Crippen LogP contribution in [0.4, 0.5) is 5.69 Å². The largest absolute Gasteiger partial charge is 0.398 e. The Morgan fingerprint density at radius 2 is 1.86 bits per heavy atom. The van der Waals surface area contributed by atoms with Crippen LogP contribution in [-0.4, -0.2) is 35.1 Å². The first-order valence-corrected chi connectivity index (χ1v) is 8.33. The van der Waals surface area contributed by atoms with Crippen LogP contribution in [0.1, 0.15) is 42.8 Å². The Kier molecular flexibility index (Phi) is 5.12. The number of hydrogen-bond acceptors (Lipinski definition) is 3. The average Bonchev–Trinajstić information content (AvgIpc) is 2.71. The van der Waals surface area contributed by atoms with Crippen molar-refractivity contribution in [2.45, 2.75) is 53.5 Å². The Labute approximate surface area is 134 Å². The predicted octanol–water partition coefficient (Wildman–Crippen LogP) is 3.31. The Balaban J connectivity index is 2.68. The third-order valence-electron chi connectivity index (χ3n) is 4.59. The van der Waals surface area contributed by atoms with Crippen molar-refractivity contribution >= 4 is 16.7 Å². The van der Waals surface area contributed by atoms with Crippen molar-refractivity contribution in [3.05, 3.63) is 22.5 Å². The van der Waals surface area contributed by atoms with Crippen molar-refractivity contribution in [1.29, 1.82) is 0 Å². The number of nitrogens with zero attached hydrogens (tertiary/aromatic N) is 3. The van der Waals surface area contributed by atoms with E-state index in [1.165, 1.54) is 16.8 Å². The number of nitrogen functional groups attached to an aromatic ring is 1. The van der Waals surface area contributed by atoms with Crippen molar-refractivity contribution in [1.82, 2.24) is 14.5 Å². The van der Waals surface area contributed by atoms with Crippen LogP contribution in [0.2, 0.25) is 0 Å². The van der Waals surface area contributed by atoms with Crippen molar-refractivity contribution in [3.8, 4) is 0 Å². The molecule has 0 bridgehead atoms. The first-order chi connectivity index (χ1) is 10.4. The van der Waals surface area contributed by atoms with Gasteiger partial charge in [0.2, 0.25) is 0 Å². The summed E-state index contributed by atoms with van der Waals surface area (Å²) in [6.45, 7) is 10.7. The summed E-state index contributed by atoms with van der Waals surface area (Å²) in [5, 5.41) is 1.16. The van der Waals surface area contributed by atoms with Gasteiger partial charge < -0.3 is 15.2 Å². The second-order valence-electron chi connectivity index (χ2n) is 6.42. The van der Waals surface area contributed by atoms with Crippen LogP contribution in [0.3, 0.4) is 0 Å². The maximum absolute atomic E-state index is 6.56. The summed E-state index contributed by atoms with van der Waals surface area (Å²) < 4.78 is 2.33. The van der Waals surface area contributed by atoms with Crippen molar-refractivity contribution in [3.63, 3.8) is 0 Å². The minimum Gasteiger partial charge on any atom is -0.398 e. The first-order valence-electron chi connectivity index (χ1n) is 8.33. The average molecular weight is 302 g/mol. The number of aryl methyl sites for hydroxylation is 2. The van der Waals surface area contributed by atoms with Gasteiger partial charge in [-0.1, -0.05) is 20.3 Å². The molecular formula is C18H30N4. The van der Waals surface area contributed by atoms with Gasteiger partial charge in [-0.15, -0.1) is 0 Å². The van der Waals surface area contributed by atoms with Gasteiger partial charge in [0.1, 0.15) is 5.65 Å². The first kappa shape index (κ1) is 16.8. The third-order valence-corrected chi connectivity index (χ3v) is 4.59. The number of aromatic nitrogens is 2. The number of rotatable bonds is 6. The van der Waals surface area contributed by atoms with Gasteiger partial charge in [-0.3, -0.25) is 0 Å². The van der Waals surface area contributed by atoms with E-state index < -0.39 is 0 Å². The molecule has 0 aliphatic carbocycles. The second kappa shape index (κ2) is 6.69. The van der Waals surface area contributed by atoms with E-state index in [1.54, 1.807) is 0 Å². The van der Waals surface area contributed by atoms with E-state index in [2.05, 4.69) is 51.3 Å². The fourth-order valence-corrected chi connectivity index (χ4v) is 3.18. The van der Waals surface area contributed by atoms with Crippen molar-refractivity contribution in [2.24, 2.45) is 0 Å². The molecule has 0 spiro atoms. The molecule has 0 aromatic carbocycles. The van der Waals surface area contributed by atoms with Gasteiger partial charge in [0.25, 0.3) is 0 Å². The fourth-order valence-electron chi connectivity index (χ4n) is 3.18. The molecule has 0 saturated heterocycles.